The second-order valence-corrected chi connectivity index (χ2v) is 3.26. The van der Waals surface area contributed by atoms with Crippen LogP contribution < -0.4 is 0 Å². The first-order valence-electron chi connectivity index (χ1n) is 4.76. The Morgan fingerprint density at radius 2 is 2.07 bits per heavy atom. The quantitative estimate of drug-likeness (QED) is 0.816. The van der Waals surface area contributed by atoms with Gasteiger partial charge in [0, 0.05) is 19.3 Å². The van der Waals surface area contributed by atoms with E-state index < -0.39 is 11.6 Å². The summed E-state index contributed by atoms with van der Waals surface area (Å²) >= 11 is 0. The molecule has 1 rings (SSSR count). The Morgan fingerprint density at radius 1 is 1.33 bits per heavy atom. The SMILES string of the molecule is COCc1c(F)ccc(CCCO)c1F. The maximum absolute atomic E-state index is 13.6. The van der Waals surface area contributed by atoms with E-state index in [1.807, 2.05) is 0 Å². The Bertz CT molecular complexity index is 327. The molecular formula is C11H14F2O2. The van der Waals surface area contributed by atoms with Crippen molar-refractivity contribution in [1.29, 1.82) is 0 Å². The second kappa shape index (κ2) is 5.78. The second-order valence-electron chi connectivity index (χ2n) is 3.26. The van der Waals surface area contributed by atoms with Crippen LogP contribution >= 0.6 is 0 Å². The molecule has 0 amide bonds. The van der Waals surface area contributed by atoms with Crippen LogP contribution in [0.2, 0.25) is 0 Å². The van der Waals surface area contributed by atoms with E-state index in [1.54, 1.807) is 0 Å². The third-order valence-corrected chi connectivity index (χ3v) is 2.16. The standard InChI is InChI=1S/C11H14F2O2/c1-15-7-9-10(12)5-4-8(11(9)13)3-2-6-14/h4-5,14H,2-3,6-7H2,1H3. The molecule has 15 heavy (non-hydrogen) atoms. The van der Waals surface area contributed by atoms with Crippen molar-refractivity contribution in [3.05, 3.63) is 34.9 Å². The van der Waals surface area contributed by atoms with Crippen LogP contribution in [0.5, 0.6) is 0 Å². The van der Waals surface area contributed by atoms with Crippen LogP contribution in [-0.4, -0.2) is 18.8 Å². The fourth-order valence-electron chi connectivity index (χ4n) is 1.39. The number of rotatable bonds is 5. The van der Waals surface area contributed by atoms with Gasteiger partial charge in [0.2, 0.25) is 0 Å². The first-order valence-corrected chi connectivity index (χ1v) is 4.76. The summed E-state index contributed by atoms with van der Waals surface area (Å²) < 4.78 is 31.5. The molecule has 0 aliphatic heterocycles. The van der Waals surface area contributed by atoms with Crippen molar-refractivity contribution >= 4 is 0 Å². The van der Waals surface area contributed by atoms with Gasteiger partial charge in [-0.25, -0.2) is 8.78 Å². The van der Waals surface area contributed by atoms with Crippen molar-refractivity contribution in [2.45, 2.75) is 19.4 Å². The van der Waals surface area contributed by atoms with Gasteiger partial charge in [-0.2, -0.15) is 0 Å². The lowest BCUT2D eigenvalue weighted by molar-refractivity contribution is 0.177. The minimum atomic E-state index is -0.595. The smallest absolute Gasteiger partial charge is 0.134 e. The Morgan fingerprint density at radius 3 is 2.67 bits per heavy atom. The zero-order valence-corrected chi connectivity index (χ0v) is 8.59. The van der Waals surface area contributed by atoms with E-state index in [9.17, 15) is 8.78 Å². The summed E-state index contributed by atoms with van der Waals surface area (Å²) in [7, 11) is 1.39. The van der Waals surface area contributed by atoms with Gasteiger partial charge in [0.25, 0.3) is 0 Å². The first kappa shape index (κ1) is 12.1. The van der Waals surface area contributed by atoms with Crippen LogP contribution in [0.3, 0.4) is 0 Å². The molecule has 4 heteroatoms. The maximum atomic E-state index is 13.6. The average molecular weight is 216 g/mol. The predicted molar refractivity (Wildman–Crippen MR) is 52.5 cm³/mol. The van der Waals surface area contributed by atoms with Gasteiger partial charge in [-0.15, -0.1) is 0 Å². The highest BCUT2D eigenvalue weighted by molar-refractivity contribution is 5.27. The molecule has 0 saturated carbocycles. The number of aliphatic hydroxyl groups excluding tert-OH is 1. The van der Waals surface area contributed by atoms with Crippen LogP contribution in [0.25, 0.3) is 0 Å². The van der Waals surface area contributed by atoms with Crippen LogP contribution in [0.15, 0.2) is 12.1 Å². The molecule has 0 aromatic heterocycles. The van der Waals surface area contributed by atoms with Crippen molar-refractivity contribution < 1.29 is 18.6 Å². The topological polar surface area (TPSA) is 29.5 Å². The number of methoxy groups -OCH3 is 1. The molecule has 1 aromatic rings. The van der Waals surface area contributed by atoms with Crippen LogP contribution in [-0.2, 0) is 17.8 Å². The van der Waals surface area contributed by atoms with Gasteiger partial charge in [0.05, 0.1) is 6.61 Å². The van der Waals surface area contributed by atoms with Gasteiger partial charge in [0.1, 0.15) is 11.6 Å². The average Bonchev–Trinajstić information content (AvgIpc) is 2.23. The van der Waals surface area contributed by atoms with Crippen molar-refractivity contribution in [1.82, 2.24) is 0 Å². The van der Waals surface area contributed by atoms with E-state index >= 15 is 0 Å². The highest BCUT2D eigenvalue weighted by Gasteiger charge is 2.12. The maximum Gasteiger partial charge on any atom is 0.134 e. The Hall–Kier alpha value is -1.00. The van der Waals surface area contributed by atoms with Crippen molar-refractivity contribution in [3.8, 4) is 0 Å². The van der Waals surface area contributed by atoms with E-state index in [2.05, 4.69) is 0 Å². The fourth-order valence-corrected chi connectivity index (χ4v) is 1.39. The highest BCUT2D eigenvalue weighted by Crippen LogP contribution is 2.18. The zero-order valence-electron chi connectivity index (χ0n) is 8.59. The number of benzene rings is 1. The third-order valence-electron chi connectivity index (χ3n) is 2.16. The van der Waals surface area contributed by atoms with Crippen LogP contribution in [0, 0.1) is 11.6 Å². The molecule has 0 heterocycles. The molecule has 0 aliphatic carbocycles. The molecule has 84 valence electrons. The lowest BCUT2D eigenvalue weighted by atomic mass is 10.1. The van der Waals surface area contributed by atoms with Crippen LogP contribution in [0.4, 0.5) is 8.78 Å². The van der Waals surface area contributed by atoms with Crippen molar-refractivity contribution in [2.24, 2.45) is 0 Å². The zero-order chi connectivity index (χ0) is 11.3. The molecule has 2 nitrogen and oxygen atoms in total. The Kier molecular flexibility index (Phi) is 4.65. The number of aliphatic hydroxyl groups is 1. The van der Waals surface area contributed by atoms with Crippen molar-refractivity contribution in [2.75, 3.05) is 13.7 Å². The van der Waals surface area contributed by atoms with Gasteiger partial charge >= 0.3 is 0 Å². The molecule has 0 spiro atoms. The van der Waals surface area contributed by atoms with E-state index in [0.717, 1.165) is 0 Å². The molecule has 0 radical (unpaired) electrons. The summed E-state index contributed by atoms with van der Waals surface area (Å²) in [4.78, 5) is 0. The highest BCUT2D eigenvalue weighted by atomic mass is 19.1. The minimum Gasteiger partial charge on any atom is -0.396 e. The largest absolute Gasteiger partial charge is 0.396 e. The molecule has 0 aliphatic rings. The summed E-state index contributed by atoms with van der Waals surface area (Å²) in [6.45, 7) is -0.0823. The molecule has 0 fully saturated rings. The number of halogens is 2. The number of hydrogen-bond acceptors (Lipinski definition) is 2. The number of hydrogen-bond donors (Lipinski definition) is 1. The lowest BCUT2D eigenvalue weighted by Crippen LogP contribution is -2.02. The van der Waals surface area contributed by atoms with E-state index in [4.69, 9.17) is 9.84 Å². The normalized spacial score (nSPS) is 10.7. The predicted octanol–water partition coefficient (Wildman–Crippen LogP) is 2.04. The lowest BCUT2D eigenvalue weighted by Gasteiger charge is -2.08. The monoisotopic (exact) mass is 216 g/mol. The van der Waals surface area contributed by atoms with Gasteiger partial charge < -0.3 is 9.84 Å². The van der Waals surface area contributed by atoms with Gasteiger partial charge in [-0.1, -0.05) is 6.07 Å². The minimum absolute atomic E-state index is 0.00354. The summed E-state index contributed by atoms with van der Waals surface area (Å²) in [5.74, 6) is -1.16. The summed E-state index contributed by atoms with van der Waals surface area (Å²) in [6.07, 6.45) is 0.869. The van der Waals surface area contributed by atoms with Gasteiger partial charge in [-0.05, 0) is 24.5 Å². The summed E-state index contributed by atoms with van der Waals surface area (Å²) in [6, 6.07) is 2.63. The van der Waals surface area contributed by atoms with E-state index in [0.29, 0.717) is 18.4 Å². The summed E-state index contributed by atoms with van der Waals surface area (Å²) in [5.41, 5.74) is 0.366. The molecule has 0 saturated heterocycles. The van der Waals surface area contributed by atoms with E-state index in [-0.39, 0.29) is 18.8 Å². The molecule has 1 N–H and O–H groups in total. The molecule has 0 bridgehead atoms. The van der Waals surface area contributed by atoms with Crippen LogP contribution in [0.1, 0.15) is 17.5 Å². The fraction of sp³-hybridized carbons (Fsp3) is 0.455. The third kappa shape index (κ3) is 2.97. The molecule has 1 aromatic carbocycles. The molecule has 0 atom stereocenters. The molecule has 0 unspecified atom stereocenters. The first-order chi connectivity index (χ1) is 7.20. The molecular weight excluding hydrogens is 202 g/mol. The van der Waals surface area contributed by atoms with Crippen molar-refractivity contribution in [3.63, 3.8) is 0 Å². The van der Waals surface area contributed by atoms with Gasteiger partial charge in [-0.3, -0.25) is 0 Å². The Labute approximate surface area is 87.5 Å². The van der Waals surface area contributed by atoms with E-state index in [1.165, 1.54) is 19.2 Å². The van der Waals surface area contributed by atoms with Gasteiger partial charge in [0.15, 0.2) is 0 Å². The summed E-state index contributed by atoms with van der Waals surface area (Å²) in [5, 5.41) is 8.62. The number of aryl methyl sites for hydroxylation is 1. The number of ether oxygens (including phenoxy) is 1. The Balaban J connectivity index is 2.94.